The minimum Gasteiger partial charge on any atom is -0.454 e. The zero-order valence-electron chi connectivity index (χ0n) is 19.7. The van der Waals surface area contributed by atoms with Crippen molar-refractivity contribution in [1.82, 2.24) is 14.8 Å². The number of thiazole rings is 1. The number of aromatic nitrogens is 1. The molecule has 5 rings (SSSR count). The van der Waals surface area contributed by atoms with Gasteiger partial charge in [-0.2, -0.15) is 0 Å². The van der Waals surface area contributed by atoms with E-state index in [1.165, 1.54) is 11.3 Å². The van der Waals surface area contributed by atoms with E-state index in [-0.39, 0.29) is 18.7 Å². The van der Waals surface area contributed by atoms with E-state index in [0.29, 0.717) is 34.5 Å². The summed E-state index contributed by atoms with van der Waals surface area (Å²) in [5.41, 5.74) is 3.53. The number of rotatable bonds is 5. The second-order valence-electron chi connectivity index (χ2n) is 8.64. The molecule has 1 aromatic heterocycles. The lowest BCUT2D eigenvalue weighted by molar-refractivity contribution is 0.0632. The van der Waals surface area contributed by atoms with E-state index in [4.69, 9.17) is 9.47 Å². The predicted octanol–water partition coefficient (Wildman–Crippen LogP) is 4.09. The van der Waals surface area contributed by atoms with Crippen LogP contribution in [0.15, 0.2) is 42.5 Å². The van der Waals surface area contributed by atoms with Crippen molar-refractivity contribution < 1.29 is 19.1 Å². The molecule has 0 spiro atoms. The van der Waals surface area contributed by atoms with Crippen LogP contribution in [0.3, 0.4) is 0 Å². The van der Waals surface area contributed by atoms with E-state index in [1.807, 2.05) is 48.2 Å². The molecular formula is C25H27N5O4S. The monoisotopic (exact) mass is 493 g/mol. The number of aryl methyl sites for hydroxylation is 2. The average Bonchev–Trinajstić information content (AvgIpc) is 3.44. The fourth-order valence-electron chi connectivity index (χ4n) is 4.18. The van der Waals surface area contributed by atoms with Gasteiger partial charge < -0.3 is 19.7 Å². The van der Waals surface area contributed by atoms with Gasteiger partial charge in [-0.25, -0.2) is 9.78 Å². The van der Waals surface area contributed by atoms with E-state index in [9.17, 15) is 9.59 Å². The Kier molecular flexibility index (Phi) is 6.56. The van der Waals surface area contributed by atoms with Crippen molar-refractivity contribution in [2.75, 3.05) is 43.6 Å². The second kappa shape index (κ2) is 9.93. The normalized spacial score (nSPS) is 15.2. The number of nitrogens with one attached hydrogen (secondary N) is 2. The van der Waals surface area contributed by atoms with Crippen LogP contribution in [-0.4, -0.2) is 59.7 Å². The summed E-state index contributed by atoms with van der Waals surface area (Å²) in [5, 5.41) is 5.93. The number of carbonyl (C=O) groups excluding carboxylic acids is 2. The number of amides is 3. The maximum Gasteiger partial charge on any atom is 0.325 e. The van der Waals surface area contributed by atoms with Gasteiger partial charge in [0, 0.05) is 38.4 Å². The van der Waals surface area contributed by atoms with Crippen molar-refractivity contribution in [2.45, 2.75) is 20.4 Å². The van der Waals surface area contributed by atoms with Gasteiger partial charge in [0.05, 0.1) is 5.69 Å². The maximum absolute atomic E-state index is 13.2. The van der Waals surface area contributed by atoms with E-state index in [1.54, 1.807) is 6.92 Å². The van der Waals surface area contributed by atoms with Crippen LogP contribution in [0.25, 0.3) is 0 Å². The number of fused-ring (bicyclic) bond motifs is 1. The molecule has 0 bridgehead atoms. The molecule has 0 radical (unpaired) electrons. The second-order valence-corrected chi connectivity index (χ2v) is 9.64. The molecule has 9 nitrogen and oxygen atoms in total. The van der Waals surface area contributed by atoms with Gasteiger partial charge in [-0.1, -0.05) is 29.5 Å². The third-order valence-corrected chi connectivity index (χ3v) is 7.05. The zero-order valence-corrected chi connectivity index (χ0v) is 20.5. The molecule has 1 fully saturated rings. The van der Waals surface area contributed by atoms with Gasteiger partial charge in [-0.3, -0.25) is 15.0 Å². The molecule has 35 heavy (non-hydrogen) atoms. The van der Waals surface area contributed by atoms with Gasteiger partial charge >= 0.3 is 6.03 Å². The van der Waals surface area contributed by atoms with Gasteiger partial charge in [0.15, 0.2) is 16.6 Å². The minimum absolute atomic E-state index is 0.0464. The number of piperazine rings is 1. The van der Waals surface area contributed by atoms with Gasteiger partial charge in [0.25, 0.3) is 5.91 Å². The summed E-state index contributed by atoms with van der Waals surface area (Å²) in [6, 6.07) is 13.2. The Morgan fingerprint density at radius 1 is 1.00 bits per heavy atom. The number of hydrogen-bond donors (Lipinski definition) is 2. The molecule has 3 aromatic rings. The molecule has 0 saturated carbocycles. The maximum atomic E-state index is 13.2. The highest BCUT2D eigenvalue weighted by Crippen LogP contribution is 2.33. The molecule has 182 valence electrons. The van der Waals surface area contributed by atoms with Crippen molar-refractivity contribution in [3.05, 3.63) is 64.2 Å². The summed E-state index contributed by atoms with van der Waals surface area (Å²) < 4.78 is 10.8. The Balaban J connectivity index is 1.15. The Morgan fingerprint density at radius 2 is 1.80 bits per heavy atom. The molecule has 0 aliphatic carbocycles. The lowest BCUT2D eigenvalue weighted by Gasteiger charge is -2.34. The quantitative estimate of drug-likeness (QED) is 0.556. The fraction of sp³-hybridized carbons (Fsp3) is 0.320. The van der Waals surface area contributed by atoms with Crippen LogP contribution in [0, 0.1) is 13.8 Å². The zero-order chi connectivity index (χ0) is 24.4. The highest BCUT2D eigenvalue weighted by Gasteiger charge is 2.26. The first-order valence-electron chi connectivity index (χ1n) is 11.5. The number of urea groups is 1. The average molecular weight is 494 g/mol. The molecule has 3 heterocycles. The summed E-state index contributed by atoms with van der Waals surface area (Å²) in [7, 11) is 0. The number of carbonyl (C=O) groups is 2. The molecule has 3 amide bonds. The number of nitrogens with zero attached hydrogens (tertiary/aromatic N) is 3. The van der Waals surface area contributed by atoms with Gasteiger partial charge in [-0.05, 0) is 49.2 Å². The number of anilines is 2. The van der Waals surface area contributed by atoms with Crippen molar-refractivity contribution in [3.63, 3.8) is 0 Å². The summed E-state index contributed by atoms with van der Waals surface area (Å²) >= 11 is 1.20. The Labute approximate surface area is 207 Å². The first kappa shape index (κ1) is 23.1. The first-order chi connectivity index (χ1) is 16.9. The topological polar surface area (TPSA) is 96.0 Å². The molecule has 2 aliphatic heterocycles. The third kappa shape index (κ3) is 5.39. The SMILES string of the molecule is Cc1cccc(NC(=O)Nc2nc(C)c(C(=O)N3CCN(Cc4ccc5c(c4)OCO5)CC3)s2)c1. The molecular weight excluding hydrogens is 466 g/mol. The van der Waals surface area contributed by atoms with Crippen molar-refractivity contribution >= 4 is 34.1 Å². The summed E-state index contributed by atoms with van der Waals surface area (Å²) in [6.07, 6.45) is 0. The summed E-state index contributed by atoms with van der Waals surface area (Å²) in [4.78, 5) is 34.6. The molecule has 1 saturated heterocycles. The lowest BCUT2D eigenvalue weighted by Crippen LogP contribution is -2.48. The highest BCUT2D eigenvalue weighted by molar-refractivity contribution is 7.17. The largest absolute Gasteiger partial charge is 0.454 e. The number of ether oxygens (including phenoxy) is 2. The first-order valence-corrected chi connectivity index (χ1v) is 12.3. The summed E-state index contributed by atoms with van der Waals surface area (Å²) in [5.74, 6) is 1.52. The molecule has 2 aliphatic rings. The van der Waals surface area contributed by atoms with Crippen molar-refractivity contribution in [3.8, 4) is 11.5 Å². The van der Waals surface area contributed by atoms with Gasteiger partial charge in [0.2, 0.25) is 6.79 Å². The van der Waals surface area contributed by atoms with E-state index in [2.05, 4.69) is 26.6 Å². The van der Waals surface area contributed by atoms with E-state index < -0.39 is 0 Å². The summed E-state index contributed by atoms with van der Waals surface area (Å²) in [6.45, 7) is 7.65. The Bertz CT molecular complexity index is 1250. The highest BCUT2D eigenvalue weighted by atomic mass is 32.1. The fourth-order valence-corrected chi connectivity index (χ4v) is 5.11. The van der Waals surface area contributed by atoms with Crippen LogP contribution >= 0.6 is 11.3 Å². The van der Waals surface area contributed by atoms with Crippen molar-refractivity contribution in [2.24, 2.45) is 0 Å². The standard InChI is InChI=1S/C25H27N5O4S/c1-16-4-3-5-19(12-16)27-24(32)28-25-26-17(2)22(35-25)23(31)30-10-8-29(9-11-30)14-18-6-7-20-21(13-18)34-15-33-20/h3-7,12-13H,8-11,14-15H2,1-2H3,(H2,26,27,28,32). The molecule has 0 unspecified atom stereocenters. The Morgan fingerprint density at radius 3 is 2.60 bits per heavy atom. The smallest absolute Gasteiger partial charge is 0.325 e. The van der Waals surface area contributed by atoms with E-state index in [0.717, 1.165) is 42.3 Å². The number of benzene rings is 2. The van der Waals surface area contributed by atoms with E-state index >= 15 is 0 Å². The van der Waals surface area contributed by atoms with Crippen LogP contribution in [0.4, 0.5) is 15.6 Å². The molecule has 10 heteroatoms. The van der Waals surface area contributed by atoms with Crippen LogP contribution < -0.4 is 20.1 Å². The molecule has 2 N–H and O–H groups in total. The van der Waals surface area contributed by atoms with Crippen LogP contribution in [0.1, 0.15) is 26.5 Å². The van der Waals surface area contributed by atoms with Crippen LogP contribution in [0.5, 0.6) is 11.5 Å². The van der Waals surface area contributed by atoms with Gasteiger partial charge in [0.1, 0.15) is 4.88 Å². The van der Waals surface area contributed by atoms with Gasteiger partial charge in [-0.15, -0.1) is 0 Å². The van der Waals surface area contributed by atoms with Crippen LogP contribution in [0.2, 0.25) is 0 Å². The van der Waals surface area contributed by atoms with Crippen molar-refractivity contribution in [1.29, 1.82) is 0 Å². The lowest BCUT2D eigenvalue weighted by atomic mass is 10.1. The Hall–Kier alpha value is -3.63. The molecule has 0 atom stereocenters. The molecule has 2 aromatic carbocycles. The number of hydrogen-bond acceptors (Lipinski definition) is 7. The van der Waals surface area contributed by atoms with Crippen LogP contribution in [-0.2, 0) is 6.54 Å². The third-order valence-electron chi connectivity index (χ3n) is 5.99. The predicted molar refractivity (Wildman–Crippen MR) is 134 cm³/mol. The minimum atomic E-state index is -0.388.